The highest BCUT2D eigenvalue weighted by atomic mass is 79.9. The average Bonchev–Trinajstić information content (AvgIpc) is 3.16. The van der Waals surface area contributed by atoms with Crippen LogP contribution in [0, 0.1) is 10.1 Å². The molecule has 3 rings (SSSR count). The van der Waals surface area contributed by atoms with Gasteiger partial charge in [0, 0.05) is 23.1 Å². The number of anilines is 1. The molecule has 9 heteroatoms. The Balaban J connectivity index is 1.75. The van der Waals surface area contributed by atoms with Crippen LogP contribution in [0.1, 0.15) is 9.67 Å². The van der Waals surface area contributed by atoms with Gasteiger partial charge in [0.25, 0.3) is 11.6 Å². The summed E-state index contributed by atoms with van der Waals surface area (Å²) in [6.45, 7) is 0. The van der Waals surface area contributed by atoms with Gasteiger partial charge in [0.1, 0.15) is 0 Å². The second-order valence-corrected chi connectivity index (χ2v) is 7.72. The summed E-state index contributed by atoms with van der Waals surface area (Å²) in [4.78, 5) is 27.2. The van der Waals surface area contributed by atoms with Gasteiger partial charge in [-0.3, -0.25) is 20.2 Å². The Kier molecular flexibility index (Phi) is 4.51. The number of nitrogens with one attached hydrogen (secondary N) is 1. The molecule has 1 amide bonds. The van der Waals surface area contributed by atoms with E-state index in [0.717, 1.165) is 9.35 Å². The fourth-order valence-electron chi connectivity index (χ4n) is 1.81. The lowest BCUT2D eigenvalue weighted by Crippen LogP contribution is -2.09. The number of halogens is 1. The second-order valence-electron chi connectivity index (χ2n) is 4.40. The van der Waals surface area contributed by atoms with Crippen LogP contribution in [-0.2, 0) is 0 Å². The number of rotatable bonds is 4. The summed E-state index contributed by atoms with van der Waals surface area (Å²) in [6, 6.07) is 9.66. The molecule has 0 spiro atoms. The van der Waals surface area contributed by atoms with Gasteiger partial charge < -0.3 is 0 Å². The first-order chi connectivity index (χ1) is 11.0. The smallest absolute Gasteiger partial charge is 0.269 e. The summed E-state index contributed by atoms with van der Waals surface area (Å²) >= 11 is 5.95. The van der Waals surface area contributed by atoms with Crippen LogP contribution in [0.3, 0.4) is 0 Å². The maximum absolute atomic E-state index is 12.1. The molecule has 0 fully saturated rings. The highest BCUT2D eigenvalue weighted by Gasteiger charge is 2.12. The number of non-ortho nitro benzene ring substituents is 1. The van der Waals surface area contributed by atoms with Gasteiger partial charge in [-0.15, -0.1) is 22.7 Å². The summed E-state index contributed by atoms with van der Waals surface area (Å²) in [5.74, 6) is -0.217. The second kappa shape index (κ2) is 6.57. The molecule has 0 atom stereocenters. The summed E-state index contributed by atoms with van der Waals surface area (Å²) in [6.07, 6.45) is 0. The molecule has 2 heterocycles. The van der Waals surface area contributed by atoms with E-state index in [1.807, 2.05) is 6.07 Å². The molecular weight excluding hydrogens is 402 g/mol. The lowest BCUT2D eigenvalue weighted by molar-refractivity contribution is -0.384. The summed E-state index contributed by atoms with van der Waals surface area (Å²) in [7, 11) is 0. The SMILES string of the molecule is O=C(Nc1nc(-c2ccc([N+](=O)[O-])cc2)cs1)c1ccc(Br)s1. The van der Waals surface area contributed by atoms with Crippen LogP contribution in [0.25, 0.3) is 11.3 Å². The fourth-order valence-corrected chi connectivity index (χ4v) is 3.81. The number of thiophene rings is 1. The maximum atomic E-state index is 12.1. The van der Waals surface area contributed by atoms with Gasteiger partial charge in [-0.25, -0.2) is 4.98 Å². The molecule has 1 aromatic carbocycles. The number of thiazole rings is 1. The first-order valence-electron chi connectivity index (χ1n) is 6.30. The molecule has 0 aliphatic carbocycles. The Hall–Kier alpha value is -2.10. The van der Waals surface area contributed by atoms with E-state index in [9.17, 15) is 14.9 Å². The molecule has 0 aliphatic rings. The van der Waals surface area contributed by atoms with E-state index in [-0.39, 0.29) is 11.6 Å². The van der Waals surface area contributed by atoms with Crippen molar-refractivity contribution in [2.45, 2.75) is 0 Å². The number of nitro benzene ring substituents is 1. The number of amides is 1. The number of benzene rings is 1. The minimum atomic E-state index is -0.449. The third-order valence-electron chi connectivity index (χ3n) is 2.90. The Bertz CT molecular complexity index is 874. The van der Waals surface area contributed by atoms with Crippen molar-refractivity contribution >= 4 is 55.3 Å². The predicted molar refractivity (Wildman–Crippen MR) is 94.2 cm³/mol. The number of hydrogen-bond donors (Lipinski definition) is 1. The number of nitrogens with zero attached hydrogens (tertiary/aromatic N) is 2. The van der Waals surface area contributed by atoms with Crippen molar-refractivity contribution in [1.82, 2.24) is 4.98 Å². The van der Waals surface area contributed by atoms with E-state index in [0.29, 0.717) is 15.7 Å². The van der Waals surface area contributed by atoms with Crippen LogP contribution in [0.15, 0.2) is 45.6 Å². The Labute approximate surface area is 147 Å². The Morgan fingerprint density at radius 2 is 1.96 bits per heavy atom. The molecule has 3 aromatic rings. The highest BCUT2D eigenvalue weighted by Crippen LogP contribution is 2.28. The van der Waals surface area contributed by atoms with E-state index in [2.05, 4.69) is 26.2 Å². The van der Waals surface area contributed by atoms with Gasteiger partial charge in [-0.2, -0.15) is 0 Å². The van der Waals surface area contributed by atoms with Crippen LogP contribution in [-0.4, -0.2) is 15.8 Å². The molecule has 0 saturated heterocycles. The Morgan fingerprint density at radius 1 is 1.22 bits per heavy atom. The van der Waals surface area contributed by atoms with Crippen molar-refractivity contribution in [1.29, 1.82) is 0 Å². The van der Waals surface area contributed by atoms with E-state index < -0.39 is 4.92 Å². The third-order valence-corrected chi connectivity index (χ3v) is 5.28. The van der Waals surface area contributed by atoms with Crippen LogP contribution >= 0.6 is 38.6 Å². The van der Waals surface area contributed by atoms with E-state index in [1.54, 1.807) is 23.6 Å². The van der Waals surface area contributed by atoms with Gasteiger partial charge in [0.05, 0.1) is 19.3 Å². The lowest BCUT2D eigenvalue weighted by atomic mass is 10.1. The van der Waals surface area contributed by atoms with Crippen LogP contribution in [0.2, 0.25) is 0 Å². The van der Waals surface area contributed by atoms with E-state index in [4.69, 9.17) is 0 Å². The monoisotopic (exact) mass is 409 g/mol. The zero-order valence-electron chi connectivity index (χ0n) is 11.4. The van der Waals surface area contributed by atoms with Gasteiger partial charge in [-0.05, 0) is 40.2 Å². The van der Waals surface area contributed by atoms with E-state index >= 15 is 0 Å². The first kappa shape index (κ1) is 15.8. The molecule has 0 saturated carbocycles. The van der Waals surface area contributed by atoms with Crippen molar-refractivity contribution in [2.24, 2.45) is 0 Å². The number of carbonyl (C=O) groups is 1. The molecule has 23 heavy (non-hydrogen) atoms. The zero-order chi connectivity index (χ0) is 16.4. The van der Waals surface area contributed by atoms with Crippen molar-refractivity contribution in [2.75, 3.05) is 5.32 Å². The average molecular weight is 410 g/mol. The topological polar surface area (TPSA) is 85.1 Å². The molecule has 116 valence electrons. The van der Waals surface area contributed by atoms with Crippen LogP contribution in [0.5, 0.6) is 0 Å². The predicted octanol–water partition coefficient (Wildman–Crippen LogP) is 4.79. The minimum Gasteiger partial charge on any atom is -0.297 e. The fraction of sp³-hybridized carbons (Fsp3) is 0. The molecule has 6 nitrogen and oxygen atoms in total. The molecule has 2 aromatic heterocycles. The van der Waals surface area contributed by atoms with Crippen LogP contribution < -0.4 is 5.32 Å². The molecule has 1 N–H and O–H groups in total. The summed E-state index contributed by atoms with van der Waals surface area (Å²) in [5.41, 5.74) is 1.44. The van der Waals surface area contributed by atoms with Gasteiger partial charge in [0.15, 0.2) is 5.13 Å². The summed E-state index contributed by atoms with van der Waals surface area (Å²) in [5, 5.41) is 15.7. The lowest BCUT2D eigenvalue weighted by Gasteiger charge is -1.98. The molecule has 0 aliphatic heterocycles. The van der Waals surface area contributed by atoms with Crippen molar-refractivity contribution in [3.63, 3.8) is 0 Å². The standard InChI is InChI=1S/C14H8BrN3O3S2/c15-12-6-5-11(23-12)13(19)17-14-16-10(7-22-14)8-1-3-9(4-2-8)18(20)21/h1-7H,(H,16,17,19). The number of nitro groups is 1. The molecule has 0 bridgehead atoms. The van der Waals surface area contributed by atoms with Crippen molar-refractivity contribution in [3.8, 4) is 11.3 Å². The zero-order valence-corrected chi connectivity index (χ0v) is 14.6. The summed E-state index contributed by atoms with van der Waals surface area (Å²) < 4.78 is 0.883. The van der Waals surface area contributed by atoms with Gasteiger partial charge >= 0.3 is 0 Å². The molecule has 0 radical (unpaired) electrons. The largest absolute Gasteiger partial charge is 0.297 e. The third kappa shape index (κ3) is 3.63. The normalized spacial score (nSPS) is 10.5. The highest BCUT2D eigenvalue weighted by molar-refractivity contribution is 9.11. The molecular formula is C14H8BrN3O3S2. The van der Waals surface area contributed by atoms with Gasteiger partial charge in [0.2, 0.25) is 0 Å². The van der Waals surface area contributed by atoms with Crippen molar-refractivity contribution < 1.29 is 9.72 Å². The Morgan fingerprint density at radius 3 is 2.57 bits per heavy atom. The molecule has 0 unspecified atom stereocenters. The van der Waals surface area contributed by atoms with Crippen LogP contribution in [0.4, 0.5) is 10.8 Å². The maximum Gasteiger partial charge on any atom is 0.269 e. The first-order valence-corrected chi connectivity index (χ1v) is 8.79. The number of hydrogen-bond acceptors (Lipinski definition) is 6. The van der Waals surface area contributed by atoms with E-state index in [1.165, 1.54) is 34.8 Å². The van der Waals surface area contributed by atoms with Crippen molar-refractivity contribution in [3.05, 3.63) is 60.6 Å². The minimum absolute atomic E-state index is 0.0285. The quantitative estimate of drug-likeness (QED) is 0.495. The van der Waals surface area contributed by atoms with Gasteiger partial charge in [-0.1, -0.05) is 0 Å². The number of carbonyl (C=O) groups excluding carboxylic acids is 1. The number of aromatic nitrogens is 1.